The molecule has 0 aliphatic heterocycles. The van der Waals surface area contributed by atoms with Crippen molar-refractivity contribution in [2.24, 2.45) is 16.5 Å². The highest BCUT2D eigenvalue weighted by Gasteiger charge is 2.30. The van der Waals surface area contributed by atoms with Crippen molar-refractivity contribution in [2.45, 2.75) is 31.8 Å². The van der Waals surface area contributed by atoms with Crippen LogP contribution in [0.15, 0.2) is 59.6 Å². The summed E-state index contributed by atoms with van der Waals surface area (Å²) in [6, 6.07) is 14.5. The first kappa shape index (κ1) is 25.2. The number of nitrogens with one attached hydrogen (secondary N) is 1. The quantitative estimate of drug-likeness (QED) is 0.177. The van der Waals surface area contributed by atoms with Crippen LogP contribution >= 0.6 is 0 Å². The van der Waals surface area contributed by atoms with Gasteiger partial charge in [0.1, 0.15) is 18.3 Å². The lowest BCUT2D eigenvalue weighted by Crippen LogP contribution is -2.50. The molecule has 10 nitrogen and oxygen atoms in total. The molecule has 176 valence electrons. The van der Waals surface area contributed by atoms with Gasteiger partial charge in [-0.1, -0.05) is 42.5 Å². The maximum absolute atomic E-state index is 13.3. The highest BCUT2D eigenvalue weighted by molar-refractivity contribution is 5.90. The third-order valence-electron chi connectivity index (χ3n) is 4.83. The highest BCUT2D eigenvalue weighted by atomic mass is 16.4. The second-order valence-corrected chi connectivity index (χ2v) is 7.43. The van der Waals surface area contributed by atoms with Crippen LogP contribution in [0, 0.1) is 0 Å². The van der Waals surface area contributed by atoms with E-state index in [1.165, 1.54) is 17.0 Å². The molecule has 1 atom stereocenters. The summed E-state index contributed by atoms with van der Waals surface area (Å²) in [5.74, 6) is -2.07. The lowest BCUT2D eigenvalue weighted by Gasteiger charge is -2.31. The predicted molar refractivity (Wildman–Crippen MR) is 123 cm³/mol. The number of nitrogens with zero attached hydrogens (tertiary/aromatic N) is 2. The van der Waals surface area contributed by atoms with E-state index in [0.29, 0.717) is 12.0 Å². The second kappa shape index (κ2) is 12.7. The molecule has 7 N–H and O–H groups in total. The van der Waals surface area contributed by atoms with E-state index in [2.05, 4.69) is 10.3 Å². The maximum atomic E-state index is 13.3. The first-order valence-corrected chi connectivity index (χ1v) is 10.4. The number of aromatic hydroxyl groups is 1. The van der Waals surface area contributed by atoms with Gasteiger partial charge in [0.2, 0.25) is 11.8 Å². The molecule has 33 heavy (non-hydrogen) atoms. The molecule has 0 unspecified atom stereocenters. The number of aliphatic carboxylic acids is 1. The molecule has 0 fully saturated rings. The number of amides is 2. The van der Waals surface area contributed by atoms with Gasteiger partial charge in [0.05, 0.1) is 6.42 Å². The first-order valence-electron chi connectivity index (χ1n) is 10.4. The number of carbonyl (C=O) groups excluding carboxylic acids is 2. The smallest absolute Gasteiger partial charge is 0.322 e. The Balaban J connectivity index is 2.31. The van der Waals surface area contributed by atoms with Crippen molar-refractivity contribution in [3.05, 3.63) is 65.7 Å². The Labute approximate surface area is 191 Å². The van der Waals surface area contributed by atoms with Crippen LogP contribution in [-0.4, -0.2) is 58.0 Å². The number of carboxylic acid groups (broad SMARTS) is 1. The zero-order chi connectivity index (χ0) is 24.2. The van der Waals surface area contributed by atoms with Gasteiger partial charge in [0.25, 0.3) is 0 Å². The molecule has 0 saturated carbocycles. The SMILES string of the molecule is NC(N)=NCCC[C@H](C(=O)NCC(=O)O)N(Cc1ccc(O)cc1)C(=O)Cc1ccccc1. The number of benzene rings is 2. The lowest BCUT2D eigenvalue weighted by molar-refractivity contribution is -0.142. The molecule has 2 rings (SSSR count). The fourth-order valence-electron chi connectivity index (χ4n) is 3.24. The topological polar surface area (TPSA) is 171 Å². The summed E-state index contributed by atoms with van der Waals surface area (Å²) in [4.78, 5) is 42.5. The Bertz CT molecular complexity index is 959. The van der Waals surface area contributed by atoms with Crippen LogP contribution in [-0.2, 0) is 27.3 Å². The first-order chi connectivity index (χ1) is 15.8. The van der Waals surface area contributed by atoms with E-state index in [1.54, 1.807) is 12.1 Å². The number of carbonyl (C=O) groups is 3. The highest BCUT2D eigenvalue weighted by Crippen LogP contribution is 2.18. The average Bonchev–Trinajstić information content (AvgIpc) is 2.78. The Hall–Kier alpha value is -4.08. The summed E-state index contributed by atoms with van der Waals surface area (Å²) in [6.45, 7) is -0.215. The molecule has 2 aromatic rings. The minimum Gasteiger partial charge on any atom is -0.508 e. The van der Waals surface area contributed by atoms with E-state index in [-0.39, 0.29) is 43.5 Å². The van der Waals surface area contributed by atoms with Crippen molar-refractivity contribution < 1.29 is 24.6 Å². The molecule has 10 heteroatoms. The van der Waals surface area contributed by atoms with Gasteiger partial charge in [-0.15, -0.1) is 0 Å². The summed E-state index contributed by atoms with van der Waals surface area (Å²) in [7, 11) is 0. The second-order valence-electron chi connectivity index (χ2n) is 7.43. The van der Waals surface area contributed by atoms with Gasteiger partial charge in [-0.3, -0.25) is 19.4 Å². The molecule has 0 bridgehead atoms. The zero-order valence-electron chi connectivity index (χ0n) is 18.2. The number of nitrogens with two attached hydrogens (primary N) is 2. The standard InChI is InChI=1S/C23H29N5O5/c24-23(25)26-12-4-7-19(22(33)27-14-21(31)32)28(15-17-8-10-18(29)11-9-17)20(30)13-16-5-2-1-3-6-16/h1-3,5-6,8-11,19,29H,4,7,12-15H2,(H,27,33)(H,31,32)(H4,24,25,26)/t19-/m1/s1. The summed E-state index contributed by atoms with van der Waals surface area (Å²) < 4.78 is 0. The van der Waals surface area contributed by atoms with Gasteiger partial charge >= 0.3 is 5.97 Å². The molecule has 0 aromatic heterocycles. The van der Waals surface area contributed by atoms with Crippen molar-refractivity contribution in [3.8, 4) is 5.75 Å². The summed E-state index contributed by atoms with van der Waals surface area (Å²) in [5, 5.41) is 20.9. The number of guanidine groups is 1. The molecule has 0 radical (unpaired) electrons. The number of aliphatic imine (C=N–C) groups is 1. The van der Waals surface area contributed by atoms with Crippen LogP contribution in [0.5, 0.6) is 5.75 Å². The molecule has 2 amide bonds. The van der Waals surface area contributed by atoms with E-state index in [4.69, 9.17) is 16.6 Å². The molecule has 0 aliphatic carbocycles. The summed E-state index contributed by atoms with van der Waals surface area (Å²) in [6.07, 6.45) is 0.685. The minimum atomic E-state index is -1.19. The van der Waals surface area contributed by atoms with Crippen LogP contribution in [0.1, 0.15) is 24.0 Å². The Morgan fingerprint density at radius 3 is 2.27 bits per heavy atom. The van der Waals surface area contributed by atoms with Crippen molar-refractivity contribution in [3.63, 3.8) is 0 Å². The summed E-state index contributed by atoms with van der Waals surface area (Å²) >= 11 is 0. The number of rotatable bonds is 12. The van der Waals surface area contributed by atoms with Crippen LogP contribution in [0.3, 0.4) is 0 Å². The van der Waals surface area contributed by atoms with E-state index in [1.807, 2.05) is 30.3 Å². The van der Waals surface area contributed by atoms with Gasteiger partial charge < -0.3 is 31.9 Å². The number of phenolic OH excluding ortho intramolecular Hbond substituents is 1. The van der Waals surface area contributed by atoms with Gasteiger partial charge in [-0.05, 0) is 36.1 Å². The number of hydrogen-bond donors (Lipinski definition) is 5. The normalized spacial score (nSPS) is 11.3. The fraction of sp³-hybridized carbons (Fsp3) is 0.304. The molecular weight excluding hydrogens is 426 g/mol. The van der Waals surface area contributed by atoms with Gasteiger partial charge in [0.15, 0.2) is 5.96 Å². The molecular formula is C23H29N5O5. The fourth-order valence-corrected chi connectivity index (χ4v) is 3.24. The number of carboxylic acids is 1. The zero-order valence-corrected chi connectivity index (χ0v) is 18.2. The number of phenols is 1. The summed E-state index contributed by atoms with van der Waals surface area (Å²) in [5.41, 5.74) is 12.2. The number of hydrogen-bond acceptors (Lipinski definition) is 5. The molecule has 0 spiro atoms. The van der Waals surface area contributed by atoms with E-state index < -0.39 is 24.5 Å². The van der Waals surface area contributed by atoms with Gasteiger partial charge in [-0.25, -0.2) is 0 Å². The maximum Gasteiger partial charge on any atom is 0.322 e. The van der Waals surface area contributed by atoms with Gasteiger partial charge in [0, 0.05) is 13.1 Å². The largest absolute Gasteiger partial charge is 0.508 e. The monoisotopic (exact) mass is 455 g/mol. The van der Waals surface area contributed by atoms with Crippen LogP contribution in [0.25, 0.3) is 0 Å². The average molecular weight is 456 g/mol. The van der Waals surface area contributed by atoms with Crippen LogP contribution < -0.4 is 16.8 Å². The van der Waals surface area contributed by atoms with Crippen molar-refractivity contribution >= 4 is 23.7 Å². The van der Waals surface area contributed by atoms with Crippen molar-refractivity contribution in [1.82, 2.24) is 10.2 Å². The molecule has 0 aliphatic rings. The van der Waals surface area contributed by atoms with Gasteiger partial charge in [-0.2, -0.15) is 0 Å². The molecule has 2 aromatic carbocycles. The third-order valence-corrected chi connectivity index (χ3v) is 4.83. The Morgan fingerprint density at radius 2 is 1.67 bits per heavy atom. The Kier molecular flexibility index (Phi) is 9.69. The lowest BCUT2D eigenvalue weighted by atomic mass is 10.0. The molecule has 0 heterocycles. The third kappa shape index (κ3) is 8.90. The van der Waals surface area contributed by atoms with Crippen LogP contribution in [0.2, 0.25) is 0 Å². The van der Waals surface area contributed by atoms with Crippen molar-refractivity contribution in [2.75, 3.05) is 13.1 Å². The predicted octanol–water partition coefficient (Wildman–Crippen LogP) is 0.587. The van der Waals surface area contributed by atoms with E-state index in [9.17, 15) is 19.5 Å². The van der Waals surface area contributed by atoms with E-state index >= 15 is 0 Å². The molecule has 0 saturated heterocycles. The van der Waals surface area contributed by atoms with E-state index in [0.717, 1.165) is 5.56 Å². The van der Waals surface area contributed by atoms with Crippen molar-refractivity contribution in [1.29, 1.82) is 0 Å². The minimum absolute atomic E-state index is 0.0650. The Morgan fingerprint density at radius 1 is 1.00 bits per heavy atom. The van der Waals surface area contributed by atoms with Crippen LogP contribution in [0.4, 0.5) is 0 Å².